The third kappa shape index (κ3) is 6.80. The molecule has 0 aliphatic carbocycles. The monoisotopic (exact) mass is 688 g/mol. The number of hydrogen-bond donors (Lipinski definition) is 0. The molecule has 0 bridgehead atoms. The molecule has 0 aromatic heterocycles. The average molecular weight is 689 g/mol. The summed E-state index contributed by atoms with van der Waals surface area (Å²) in [6.07, 6.45) is 2.99. The fourth-order valence-corrected chi connectivity index (χ4v) is 8.41. The Balaban J connectivity index is 1.12. The SMILES string of the molecule is CCC1(C)CC2(CC(C)(CC)N1[O])OCC(COC(=O)c1ccc(C(=O)OCC3COC4(CC(C)(CC)N([O])C(C)(CC)C4C)O3)cc1)O2. The summed E-state index contributed by atoms with van der Waals surface area (Å²) in [7, 11) is 0. The van der Waals surface area contributed by atoms with E-state index in [0.717, 1.165) is 0 Å². The van der Waals surface area contributed by atoms with Crippen LogP contribution in [0.2, 0.25) is 0 Å². The van der Waals surface area contributed by atoms with Gasteiger partial charge in [-0.05, 0) is 77.6 Å². The van der Waals surface area contributed by atoms with Crippen LogP contribution in [0.5, 0.6) is 0 Å². The minimum absolute atomic E-state index is 0.00236. The summed E-state index contributed by atoms with van der Waals surface area (Å²) in [5, 5.41) is 29.1. The summed E-state index contributed by atoms with van der Waals surface area (Å²) in [6.45, 7) is 18.3. The number of nitrogens with zero attached hydrogens (tertiary/aromatic N) is 2. The highest BCUT2D eigenvalue weighted by Gasteiger charge is 2.64. The second-order valence-electron chi connectivity index (χ2n) is 15.7. The topological polar surface area (TPSA) is 136 Å². The smallest absolute Gasteiger partial charge is 0.338 e. The third-order valence-corrected chi connectivity index (χ3v) is 12.4. The zero-order valence-electron chi connectivity index (χ0n) is 30.8. The molecule has 4 heterocycles. The largest absolute Gasteiger partial charge is 0.459 e. The van der Waals surface area contributed by atoms with Crippen molar-refractivity contribution in [1.82, 2.24) is 10.1 Å². The highest BCUT2D eigenvalue weighted by molar-refractivity contribution is 5.93. The van der Waals surface area contributed by atoms with Gasteiger partial charge in [0.15, 0.2) is 11.6 Å². The zero-order valence-corrected chi connectivity index (χ0v) is 30.8. The number of ether oxygens (including phenoxy) is 6. The summed E-state index contributed by atoms with van der Waals surface area (Å²) < 4.78 is 36.5. The van der Waals surface area contributed by atoms with Crippen LogP contribution in [-0.2, 0) is 38.8 Å². The van der Waals surface area contributed by atoms with Crippen molar-refractivity contribution in [3.05, 3.63) is 35.4 Å². The lowest BCUT2D eigenvalue weighted by molar-refractivity contribution is -0.374. The van der Waals surface area contributed by atoms with Gasteiger partial charge in [0, 0.05) is 25.2 Å². The molecule has 12 nitrogen and oxygen atoms in total. The molecule has 1 aromatic rings. The Bertz CT molecular complexity index is 1340. The van der Waals surface area contributed by atoms with Crippen molar-refractivity contribution in [3.8, 4) is 0 Å². The van der Waals surface area contributed by atoms with Gasteiger partial charge in [-0.3, -0.25) is 0 Å². The molecular formula is C37H56N2O10. The number of carbonyl (C=O) groups is 2. The van der Waals surface area contributed by atoms with Crippen molar-refractivity contribution in [2.45, 2.75) is 153 Å². The first kappa shape index (κ1) is 38.1. The summed E-state index contributed by atoms with van der Waals surface area (Å²) in [4.78, 5) is 25.8. The molecule has 0 amide bonds. The molecule has 5 rings (SSSR count). The van der Waals surface area contributed by atoms with Crippen LogP contribution in [0.25, 0.3) is 0 Å². The van der Waals surface area contributed by atoms with Crippen molar-refractivity contribution in [2.24, 2.45) is 5.92 Å². The molecule has 274 valence electrons. The van der Waals surface area contributed by atoms with Gasteiger partial charge in [0.2, 0.25) is 0 Å². The second kappa shape index (κ2) is 13.8. The summed E-state index contributed by atoms with van der Waals surface area (Å²) in [5.74, 6) is -3.13. The van der Waals surface area contributed by atoms with Gasteiger partial charge in [-0.25, -0.2) is 9.59 Å². The number of rotatable bonds is 10. The molecule has 1 aromatic carbocycles. The minimum atomic E-state index is -0.938. The van der Waals surface area contributed by atoms with E-state index in [1.54, 1.807) is 0 Å². The van der Waals surface area contributed by atoms with Crippen LogP contribution >= 0.6 is 0 Å². The van der Waals surface area contributed by atoms with E-state index in [0.29, 0.717) is 44.9 Å². The first-order valence-electron chi connectivity index (χ1n) is 18.0. The maximum absolute atomic E-state index is 13.4. The van der Waals surface area contributed by atoms with Gasteiger partial charge in [0.25, 0.3) is 0 Å². The Hall–Kier alpha value is -2.16. The third-order valence-electron chi connectivity index (χ3n) is 12.4. The standard InChI is InChI=1S/C37H56N2O10/c1-10-32(6)22-36(23-33(7,11-2)38(32)42)46-20-28(48-36)18-44-30(40)26-14-16-27(17-15-26)31(41)45-19-29-21-47-37(49-29)24-34(8,12-3)39(43)35(9,13-4)25(37)5/h14-17,25,28-29H,10-13,18-24H2,1-9H3. The Labute approximate surface area is 291 Å². The molecule has 4 fully saturated rings. The molecule has 4 aliphatic heterocycles. The highest BCUT2D eigenvalue weighted by atomic mass is 16.8. The van der Waals surface area contributed by atoms with E-state index in [4.69, 9.17) is 28.4 Å². The van der Waals surface area contributed by atoms with E-state index in [9.17, 15) is 20.0 Å². The van der Waals surface area contributed by atoms with Crippen molar-refractivity contribution in [2.75, 3.05) is 26.4 Å². The molecule has 12 heteroatoms. The van der Waals surface area contributed by atoms with Gasteiger partial charge in [-0.15, -0.1) is 20.5 Å². The number of benzene rings is 1. The molecule has 8 unspecified atom stereocenters. The van der Waals surface area contributed by atoms with Crippen molar-refractivity contribution in [3.63, 3.8) is 0 Å². The second-order valence-corrected chi connectivity index (χ2v) is 15.7. The molecule has 2 radical (unpaired) electrons. The van der Waals surface area contributed by atoms with Gasteiger partial charge >= 0.3 is 11.9 Å². The van der Waals surface area contributed by atoms with Crippen LogP contribution in [-0.4, -0.2) is 94.4 Å². The van der Waals surface area contributed by atoms with Crippen LogP contribution in [0.15, 0.2) is 24.3 Å². The molecule has 49 heavy (non-hydrogen) atoms. The van der Waals surface area contributed by atoms with E-state index >= 15 is 0 Å². The number of carbonyl (C=O) groups excluding carboxylic acids is 2. The van der Waals surface area contributed by atoms with Crippen LogP contribution in [0.3, 0.4) is 0 Å². The van der Waals surface area contributed by atoms with Gasteiger partial charge in [-0.1, -0.05) is 34.6 Å². The van der Waals surface area contributed by atoms with Crippen LogP contribution in [0, 0.1) is 5.92 Å². The Kier molecular flexibility index (Phi) is 10.7. The lowest BCUT2D eigenvalue weighted by atomic mass is 9.67. The molecule has 4 aliphatic rings. The van der Waals surface area contributed by atoms with Gasteiger partial charge < -0.3 is 28.4 Å². The van der Waals surface area contributed by atoms with Crippen molar-refractivity contribution < 1.29 is 48.4 Å². The van der Waals surface area contributed by atoms with Crippen LogP contribution in [0.1, 0.15) is 128 Å². The maximum atomic E-state index is 13.4. The maximum Gasteiger partial charge on any atom is 0.338 e. The Morgan fingerprint density at radius 2 is 1.14 bits per heavy atom. The van der Waals surface area contributed by atoms with E-state index in [-0.39, 0.29) is 43.5 Å². The number of esters is 2. The summed E-state index contributed by atoms with van der Waals surface area (Å²) in [5.41, 5.74) is -1.99. The van der Waals surface area contributed by atoms with Crippen molar-refractivity contribution >= 4 is 11.9 Å². The van der Waals surface area contributed by atoms with Crippen molar-refractivity contribution in [1.29, 1.82) is 0 Å². The first-order chi connectivity index (χ1) is 23.0. The fraction of sp³-hybridized carbons (Fsp3) is 0.784. The van der Waals surface area contributed by atoms with E-state index in [2.05, 4.69) is 0 Å². The quantitative estimate of drug-likeness (QED) is 0.268. The highest BCUT2D eigenvalue weighted by Crippen LogP contribution is 2.54. The molecule has 0 saturated carbocycles. The van der Waals surface area contributed by atoms with Gasteiger partial charge in [0.1, 0.15) is 25.4 Å². The molecule has 8 atom stereocenters. The Morgan fingerprint density at radius 1 is 0.694 bits per heavy atom. The summed E-state index contributed by atoms with van der Waals surface area (Å²) >= 11 is 0. The first-order valence-corrected chi connectivity index (χ1v) is 18.0. The number of hydroxylamine groups is 4. The average Bonchev–Trinajstić information content (AvgIpc) is 3.70. The van der Waals surface area contributed by atoms with E-state index in [1.807, 2.05) is 62.3 Å². The molecule has 2 spiro atoms. The van der Waals surface area contributed by atoms with Gasteiger partial charge in [0.05, 0.1) is 46.5 Å². The normalized spacial score (nSPS) is 41.4. The lowest BCUT2D eigenvalue weighted by Crippen LogP contribution is -2.70. The molecular weight excluding hydrogens is 632 g/mol. The fourth-order valence-electron chi connectivity index (χ4n) is 8.41. The predicted molar refractivity (Wildman–Crippen MR) is 177 cm³/mol. The minimum Gasteiger partial charge on any atom is -0.459 e. The lowest BCUT2D eigenvalue weighted by Gasteiger charge is -2.59. The zero-order chi connectivity index (χ0) is 36.0. The Morgan fingerprint density at radius 3 is 1.61 bits per heavy atom. The van der Waals surface area contributed by atoms with Crippen LogP contribution < -0.4 is 0 Å². The van der Waals surface area contributed by atoms with Gasteiger partial charge in [-0.2, -0.15) is 0 Å². The van der Waals surface area contributed by atoms with Crippen LogP contribution in [0.4, 0.5) is 0 Å². The molecule has 0 N–H and O–H groups in total. The van der Waals surface area contributed by atoms with E-state index < -0.39 is 57.9 Å². The molecule has 4 saturated heterocycles. The summed E-state index contributed by atoms with van der Waals surface area (Å²) in [6, 6.07) is 6.09. The number of hydrogen-bond acceptors (Lipinski definition) is 10. The van der Waals surface area contributed by atoms with E-state index in [1.165, 1.54) is 34.4 Å². The predicted octanol–water partition coefficient (Wildman–Crippen LogP) is 6.03. The number of piperidine rings is 2.